The van der Waals surface area contributed by atoms with Crippen molar-refractivity contribution in [2.75, 3.05) is 19.8 Å². The number of hydrogen-bond donors (Lipinski definition) is 4. The number of rotatable bonds is 12. The maximum Gasteiger partial charge on any atom is 0.242 e. The summed E-state index contributed by atoms with van der Waals surface area (Å²) >= 11 is 6.65. The lowest BCUT2D eigenvalue weighted by Crippen LogP contribution is -2.62. The van der Waals surface area contributed by atoms with Gasteiger partial charge in [0, 0.05) is 23.9 Å². The molecule has 0 radical (unpaired) electrons. The monoisotopic (exact) mass is 607 g/mol. The van der Waals surface area contributed by atoms with Gasteiger partial charge in [0.25, 0.3) is 0 Å². The van der Waals surface area contributed by atoms with Gasteiger partial charge in [-0.1, -0.05) is 63.1 Å². The van der Waals surface area contributed by atoms with Crippen molar-refractivity contribution in [1.82, 2.24) is 25.9 Å². The maximum atomic E-state index is 13.8. The summed E-state index contributed by atoms with van der Waals surface area (Å²) in [7, 11) is 0. The molecule has 5 rings (SSSR count). The number of amides is 3. The number of halogens is 1. The normalized spacial score (nSPS) is 18.3. The number of fused-ring (bicyclic) bond motifs is 1. The Morgan fingerprint density at radius 2 is 1.84 bits per heavy atom. The summed E-state index contributed by atoms with van der Waals surface area (Å²) in [4.78, 5) is 47.8. The fourth-order valence-corrected chi connectivity index (χ4v) is 6.47. The van der Waals surface area contributed by atoms with Crippen LogP contribution in [0.1, 0.15) is 82.3 Å². The molecule has 2 heterocycles. The second kappa shape index (κ2) is 13.1. The lowest BCUT2D eigenvalue weighted by Gasteiger charge is -2.42. The van der Waals surface area contributed by atoms with E-state index in [1.54, 1.807) is 0 Å². The molecule has 2 fully saturated rings. The molecule has 0 unspecified atom stereocenters. The van der Waals surface area contributed by atoms with Crippen LogP contribution in [0.25, 0.3) is 11.0 Å². The molecule has 4 N–H and O–H groups in total. The van der Waals surface area contributed by atoms with Gasteiger partial charge < -0.3 is 25.7 Å². The van der Waals surface area contributed by atoms with Gasteiger partial charge >= 0.3 is 0 Å². The Morgan fingerprint density at radius 3 is 2.42 bits per heavy atom. The third kappa shape index (κ3) is 6.15. The zero-order chi connectivity index (χ0) is 30.7. The van der Waals surface area contributed by atoms with Gasteiger partial charge in [0.15, 0.2) is 0 Å². The quantitative estimate of drug-likeness (QED) is 0.233. The third-order valence-corrected chi connectivity index (χ3v) is 9.34. The molecule has 1 saturated heterocycles. The Labute approximate surface area is 257 Å². The van der Waals surface area contributed by atoms with Gasteiger partial charge in [-0.3, -0.25) is 14.4 Å². The van der Waals surface area contributed by atoms with E-state index in [1.165, 1.54) is 0 Å². The lowest BCUT2D eigenvalue weighted by atomic mass is 9.75. The molecule has 1 aromatic heterocycles. The van der Waals surface area contributed by atoms with Crippen molar-refractivity contribution in [2.45, 2.75) is 76.8 Å². The van der Waals surface area contributed by atoms with E-state index in [2.05, 4.69) is 34.8 Å². The summed E-state index contributed by atoms with van der Waals surface area (Å²) in [6.07, 6.45) is 3.25. The zero-order valence-corrected chi connectivity index (χ0v) is 26.1. The van der Waals surface area contributed by atoms with Crippen molar-refractivity contribution < 1.29 is 19.1 Å². The second-order valence-corrected chi connectivity index (χ2v) is 12.6. The molecule has 1 aliphatic carbocycles. The van der Waals surface area contributed by atoms with Crippen LogP contribution in [0.5, 0.6) is 0 Å². The number of nitrogens with one attached hydrogen (secondary N) is 4. The molecule has 3 amide bonds. The number of hydrogen-bond acceptors (Lipinski definition) is 5. The molecule has 230 valence electrons. The van der Waals surface area contributed by atoms with Crippen molar-refractivity contribution in [1.29, 1.82) is 0 Å². The highest BCUT2D eigenvalue weighted by Gasteiger charge is 2.49. The summed E-state index contributed by atoms with van der Waals surface area (Å²) in [5.74, 6) is 0.339. The Hall–Kier alpha value is -3.43. The highest BCUT2D eigenvalue weighted by atomic mass is 35.5. The Morgan fingerprint density at radius 1 is 1.09 bits per heavy atom. The molecule has 3 aromatic rings. The van der Waals surface area contributed by atoms with Gasteiger partial charge in [0.1, 0.15) is 17.3 Å². The average molecular weight is 608 g/mol. The molecule has 2 aromatic carbocycles. The number of carbonyl (C=O) groups excluding carboxylic acids is 3. The van der Waals surface area contributed by atoms with E-state index < -0.39 is 17.5 Å². The smallest absolute Gasteiger partial charge is 0.242 e. The van der Waals surface area contributed by atoms with Crippen LogP contribution in [0, 0.1) is 11.8 Å². The first-order valence-electron chi connectivity index (χ1n) is 15.4. The van der Waals surface area contributed by atoms with Crippen molar-refractivity contribution in [3.8, 4) is 0 Å². The highest BCUT2D eigenvalue weighted by Crippen LogP contribution is 2.41. The van der Waals surface area contributed by atoms with Gasteiger partial charge in [0.05, 0.1) is 30.3 Å². The minimum Gasteiger partial charge on any atom is -0.378 e. The summed E-state index contributed by atoms with van der Waals surface area (Å²) in [5, 5.41) is 9.78. The summed E-state index contributed by atoms with van der Waals surface area (Å²) in [5.41, 5.74) is 2.29. The van der Waals surface area contributed by atoms with Crippen LogP contribution < -0.4 is 16.0 Å². The van der Waals surface area contributed by atoms with Crippen LogP contribution in [0.2, 0.25) is 5.02 Å². The van der Waals surface area contributed by atoms with Crippen molar-refractivity contribution in [2.24, 2.45) is 11.8 Å². The SMILES string of the molecule is CCNC(=O)[C@H](NC(=O)C1(c2ccc3[nH]c([C@@H](NC(=O)CC)[C@H](c4ccccc4Cl)C(C)C)nc3c2)COC1)C1CCC1. The van der Waals surface area contributed by atoms with Crippen LogP contribution in [0.3, 0.4) is 0 Å². The Bertz CT molecular complexity index is 1480. The highest BCUT2D eigenvalue weighted by molar-refractivity contribution is 6.31. The molecular formula is C33H42ClN5O4. The predicted molar refractivity (Wildman–Crippen MR) is 167 cm³/mol. The van der Waals surface area contributed by atoms with E-state index in [0.717, 1.165) is 35.9 Å². The van der Waals surface area contributed by atoms with E-state index in [1.807, 2.05) is 56.3 Å². The first kappa shape index (κ1) is 31.0. The fraction of sp³-hybridized carbons (Fsp3) is 0.515. The van der Waals surface area contributed by atoms with E-state index in [4.69, 9.17) is 21.3 Å². The van der Waals surface area contributed by atoms with Crippen molar-refractivity contribution in [3.05, 3.63) is 64.4 Å². The first-order chi connectivity index (χ1) is 20.7. The number of imidazole rings is 1. The van der Waals surface area contributed by atoms with Gasteiger partial charge in [-0.25, -0.2) is 4.98 Å². The molecular weight excluding hydrogens is 566 g/mol. The summed E-state index contributed by atoms with van der Waals surface area (Å²) in [6, 6.07) is 12.5. The third-order valence-electron chi connectivity index (χ3n) is 9.00. The average Bonchev–Trinajstić information content (AvgIpc) is 3.35. The number of aromatic nitrogens is 2. The van der Waals surface area contributed by atoms with Crippen LogP contribution >= 0.6 is 11.6 Å². The first-order valence-corrected chi connectivity index (χ1v) is 15.8. The van der Waals surface area contributed by atoms with E-state index in [0.29, 0.717) is 29.3 Å². The number of aromatic amines is 1. The fourth-order valence-electron chi connectivity index (χ4n) is 6.21. The number of H-pyrrole nitrogens is 1. The number of likely N-dealkylation sites (N-methyl/N-ethyl adjacent to an activating group) is 1. The second-order valence-electron chi connectivity index (χ2n) is 12.2. The summed E-state index contributed by atoms with van der Waals surface area (Å²) in [6.45, 7) is 8.88. The summed E-state index contributed by atoms with van der Waals surface area (Å²) < 4.78 is 5.58. The molecule has 2 aliphatic rings. The standard InChI is InChI=1S/C33H42ClN5O4/c1-5-26(40)38-29(27(19(3)4)22-12-7-8-13-23(22)34)30-36-24-15-14-21(16-25(24)37-30)33(17-43-18-33)32(42)39-28(20-10-9-11-20)31(41)35-6-2/h7-8,12-16,19-20,27-29H,5-6,9-11,17-18H2,1-4H3,(H,35,41)(H,36,37)(H,38,40)(H,39,42)/t27-,28+,29-/m0/s1. The van der Waals surface area contributed by atoms with E-state index >= 15 is 0 Å². The molecule has 43 heavy (non-hydrogen) atoms. The minimum absolute atomic E-state index is 0.0841. The van der Waals surface area contributed by atoms with E-state index in [-0.39, 0.29) is 48.7 Å². The number of nitrogens with zero attached hydrogens (tertiary/aromatic N) is 1. The lowest BCUT2D eigenvalue weighted by molar-refractivity contribution is -0.148. The zero-order valence-electron chi connectivity index (χ0n) is 25.3. The topological polar surface area (TPSA) is 125 Å². The molecule has 1 aliphatic heterocycles. The minimum atomic E-state index is -0.907. The van der Waals surface area contributed by atoms with Gasteiger partial charge in [-0.05, 0) is 60.9 Å². The molecule has 10 heteroatoms. The Balaban J connectivity index is 1.48. The van der Waals surface area contributed by atoms with Crippen LogP contribution in [-0.4, -0.2) is 53.5 Å². The van der Waals surface area contributed by atoms with Gasteiger partial charge in [0.2, 0.25) is 17.7 Å². The number of carbonyl (C=O) groups is 3. The molecule has 0 bridgehead atoms. The Kier molecular flexibility index (Phi) is 9.42. The predicted octanol–water partition coefficient (Wildman–Crippen LogP) is 4.91. The maximum absolute atomic E-state index is 13.8. The molecule has 9 nitrogen and oxygen atoms in total. The van der Waals surface area contributed by atoms with Crippen molar-refractivity contribution >= 4 is 40.4 Å². The van der Waals surface area contributed by atoms with Gasteiger partial charge in [-0.2, -0.15) is 0 Å². The van der Waals surface area contributed by atoms with Crippen LogP contribution in [0.15, 0.2) is 42.5 Å². The molecule has 0 spiro atoms. The van der Waals surface area contributed by atoms with Crippen LogP contribution in [0.4, 0.5) is 0 Å². The largest absolute Gasteiger partial charge is 0.378 e. The van der Waals surface area contributed by atoms with Crippen molar-refractivity contribution in [3.63, 3.8) is 0 Å². The number of ether oxygens (including phenoxy) is 1. The number of benzene rings is 2. The van der Waals surface area contributed by atoms with Crippen LogP contribution in [-0.2, 0) is 24.5 Å². The van der Waals surface area contributed by atoms with Gasteiger partial charge in [-0.15, -0.1) is 0 Å². The molecule has 3 atom stereocenters. The van der Waals surface area contributed by atoms with E-state index in [9.17, 15) is 14.4 Å². The molecule has 1 saturated carbocycles.